The molecule has 1 aromatic heterocycles. The van der Waals surface area contributed by atoms with Crippen LogP contribution in [-0.2, 0) is 6.42 Å². The van der Waals surface area contributed by atoms with Gasteiger partial charge in [0.1, 0.15) is 5.52 Å². The lowest BCUT2D eigenvalue weighted by Gasteiger charge is -2.09. The number of nitrogens with zero attached hydrogens (tertiary/aromatic N) is 1. The number of fused-ring (bicyclic) bond motifs is 1. The first kappa shape index (κ1) is 9.85. The van der Waals surface area contributed by atoms with E-state index in [1.807, 2.05) is 13.0 Å². The zero-order valence-electron chi connectivity index (χ0n) is 9.49. The smallest absolute Gasteiger partial charge is 0.192 e. The predicted octanol–water partition coefficient (Wildman–Crippen LogP) is 2.43. The summed E-state index contributed by atoms with van der Waals surface area (Å²) in [6.07, 6.45) is 3.69. The van der Waals surface area contributed by atoms with Gasteiger partial charge in [0.2, 0.25) is 0 Å². The number of oxazole rings is 1. The SMILES string of the molecule is Cc1nc2cc(CC3CCCN3)ccc2o1. The Hall–Kier alpha value is -1.35. The molecule has 0 bridgehead atoms. The van der Waals surface area contributed by atoms with E-state index in [-0.39, 0.29) is 0 Å². The molecular formula is C13H16N2O. The minimum Gasteiger partial charge on any atom is -0.441 e. The third-order valence-corrected chi connectivity index (χ3v) is 3.20. The molecule has 0 aliphatic carbocycles. The molecule has 1 N–H and O–H groups in total. The number of hydrogen-bond donors (Lipinski definition) is 1. The van der Waals surface area contributed by atoms with Crippen LogP contribution in [0.3, 0.4) is 0 Å². The van der Waals surface area contributed by atoms with E-state index in [0.29, 0.717) is 6.04 Å². The lowest BCUT2D eigenvalue weighted by molar-refractivity contribution is 0.561. The van der Waals surface area contributed by atoms with E-state index in [1.165, 1.54) is 18.4 Å². The molecule has 2 heterocycles. The van der Waals surface area contributed by atoms with E-state index < -0.39 is 0 Å². The Morgan fingerprint density at radius 3 is 3.25 bits per heavy atom. The van der Waals surface area contributed by atoms with Gasteiger partial charge >= 0.3 is 0 Å². The molecule has 0 spiro atoms. The molecule has 3 heteroatoms. The maximum atomic E-state index is 5.47. The quantitative estimate of drug-likeness (QED) is 0.837. The van der Waals surface area contributed by atoms with Gasteiger partial charge in [-0.3, -0.25) is 0 Å². The maximum Gasteiger partial charge on any atom is 0.192 e. The summed E-state index contributed by atoms with van der Waals surface area (Å²) in [4.78, 5) is 4.36. The van der Waals surface area contributed by atoms with Gasteiger partial charge in [0, 0.05) is 13.0 Å². The summed E-state index contributed by atoms with van der Waals surface area (Å²) in [5, 5.41) is 3.51. The molecule has 1 fully saturated rings. The molecular weight excluding hydrogens is 200 g/mol. The fourth-order valence-electron chi connectivity index (χ4n) is 2.43. The molecule has 84 valence electrons. The van der Waals surface area contributed by atoms with Crippen molar-refractivity contribution in [3.05, 3.63) is 29.7 Å². The Morgan fingerprint density at radius 2 is 2.44 bits per heavy atom. The van der Waals surface area contributed by atoms with Gasteiger partial charge in [0.25, 0.3) is 0 Å². The lowest BCUT2D eigenvalue weighted by atomic mass is 10.0. The van der Waals surface area contributed by atoms with Crippen molar-refractivity contribution in [3.8, 4) is 0 Å². The molecule has 1 saturated heterocycles. The van der Waals surface area contributed by atoms with Gasteiger partial charge in [0.15, 0.2) is 11.5 Å². The summed E-state index contributed by atoms with van der Waals surface area (Å²) < 4.78 is 5.47. The molecule has 1 aromatic carbocycles. The number of aromatic nitrogens is 1. The van der Waals surface area contributed by atoms with Crippen molar-refractivity contribution in [1.82, 2.24) is 10.3 Å². The van der Waals surface area contributed by atoms with Crippen molar-refractivity contribution >= 4 is 11.1 Å². The highest BCUT2D eigenvalue weighted by molar-refractivity contribution is 5.73. The topological polar surface area (TPSA) is 38.1 Å². The fraction of sp³-hybridized carbons (Fsp3) is 0.462. The van der Waals surface area contributed by atoms with Crippen molar-refractivity contribution in [2.24, 2.45) is 0 Å². The van der Waals surface area contributed by atoms with E-state index in [9.17, 15) is 0 Å². The van der Waals surface area contributed by atoms with E-state index in [1.54, 1.807) is 0 Å². The van der Waals surface area contributed by atoms with Crippen molar-refractivity contribution in [3.63, 3.8) is 0 Å². The number of aryl methyl sites for hydroxylation is 1. The largest absolute Gasteiger partial charge is 0.441 e. The Morgan fingerprint density at radius 1 is 1.50 bits per heavy atom. The van der Waals surface area contributed by atoms with E-state index in [2.05, 4.69) is 22.4 Å². The summed E-state index contributed by atoms with van der Waals surface area (Å²) in [6, 6.07) is 6.96. The van der Waals surface area contributed by atoms with Crippen molar-refractivity contribution in [2.75, 3.05) is 6.54 Å². The van der Waals surface area contributed by atoms with Crippen LogP contribution in [0.15, 0.2) is 22.6 Å². The Kier molecular flexibility index (Phi) is 2.40. The molecule has 16 heavy (non-hydrogen) atoms. The summed E-state index contributed by atoms with van der Waals surface area (Å²) in [5.41, 5.74) is 3.22. The summed E-state index contributed by atoms with van der Waals surface area (Å²) in [5.74, 6) is 0.742. The monoisotopic (exact) mass is 216 g/mol. The molecule has 3 nitrogen and oxygen atoms in total. The van der Waals surface area contributed by atoms with Gasteiger partial charge in [-0.05, 0) is 43.5 Å². The van der Waals surface area contributed by atoms with Crippen LogP contribution in [0.4, 0.5) is 0 Å². The van der Waals surface area contributed by atoms with E-state index in [4.69, 9.17) is 4.42 Å². The molecule has 0 saturated carbocycles. The number of benzene rings is 1. The Bertz CT molecular complexity index is 498. The first-order valence-electron chi connectivity index (χ1n) is 5.91. The Labute approximate surface area is 94.9 Å². The van der Waals surface area contributed by atoms with E-state index in [0.717, 1.165) is 30.0 Å². The Balaban J connectivity index is 1.86. The van der Waals surface area contributed by atoms with Crippen LogP contribution in [0.25, 0.3) is 11.1 Å². The summed E-state index contributed by atoms with van der Waals surface area (Å²) in [7, 11) is 0. The van der Waals surface area contributed by atoms with Crippen LogP contribution in [0.1, 0.15) is 24.3 Å². The second kappa shape index (κ2) is 3.91. The zero-order chi connectivity index (χ0) is 11.0. The molecule has 0 radical (unpaired) electrons. The van der Waals surface area contributed by atoms with Crippen molar-refractivity contribution in [1.29, 1.82) is 0 Å². The summed E-state index contributed by atoms with van der Waals surface area (Å²) >= 11 is 0. The normalized spacial score (nSPS) is 20.7. The first-order valence-corrected chi connectivity index (χ1v) is 5.91. The fourth-order valence-corrected chi connectivity index (χ4v) is 2.43. The third-order valence-electron chi connectivity index (χ3n) is 3.20. The van der Waals surface area contributed by atoms with Gasteiger partial charge in [-0.15, -0.1) is 0 Å². The molecule has 1 aliphatic rings. The van der Waals surface area contributed by atoms with Crippen molar-refractivity contribution in [2.45, 2.75) is 32.2 Å². The molecule has 0 amide bonds. The molecule has 1 aliphatic heterocycles. The number of nitrogens with one attached hydrogen (secondary N) is 1. The van der Waals surface area contributed by atoms with Crippen LogP contribution in [0.2, 0.25) is 0 Å². The predicted molar refractivity (Wildman–Crippen MR) is 63.5 cm³/mol. The average Bonchev–Trinajstić information content (AvgIpc) is 2.85. The van der Waals surface area contributed by atoms with E-state index >= 15 is 0 Å². The molecule has 1 atom stereocenters. The minimum absolute atomic E-state index is 0.644. The van der Waals surface area contributed by atoms with Crippen LogP contribution in [0.5, 0.6) is 0 Å². The number of hydrogen-bond acceptors (Lipinski definition) is 3. The average molecular weight is 216 g/mol. The standard InChI is InChI=1S/C13H16N2O/c1-9-15-12-8-10(4-5-13(12)16-9)7-11-3-2-6-14-11/h4-5,8,11,14H,2-3,6-7H2,1H3. The third kappa shape index (κ3) is 1.83. The lowest BCUT2D eigenvalue weighted by Crippen LogP contribution is -2.23. The van der Waals surface area contributed by atoms with Gasteiger partial charge in [0.05, 0.1) is 0 Å². The highest BCUT2D eigenvalue weighted by Gasteiger charge is 2.14. The second-order valence-corrected chi connectivity index (χ2v) is 4.53. The van der Waals surface area contributed by atoms with Crippen LogP contribution in [0, 0.1) is 6.92 Å². The zero-order valence-corrected chi connectivity index (χ0v) is 9.49. The van der Waals surface area contributed by atoms with Gasteiger partial charge in [-0.2, -0.15) is 0 Å². The van der Waals surface area contributed by atoms with Crippen LogP contribution >= 0.6 is 0 Å². The maximum absolute atomic E-state index is 5.47. The summed E-state index contributed by atoms with van der Waals surface area (Å²) in [6.45, 7) is 3.05. The van der Waals surface area contributed by atoms with Gasteiger partial charge in [-0.1, -0.05) is 6.07 Å². The van der Waals surface area contributed by atoms with Crippen LogP contribution < -0.4 is 5.32 Å². The highest BCUT2D eigenvalue weighted by Crippen LogP contribution is 2.19. The van der Waals surface area contributed by atoms with Crippen molar-refractivity contribution < 1.29 is 4.42 Å². The second-order valence-electron chi connectivity index (χ2n) is 4.53. The van der Waals surface area contributed by atoms with Crippen LogP contribution in [-0.4, -0.2) is 17.6 Å². The first-order chi connectivity index (χ1) is 7.81. The van der Waals surface area contributed by atoms with Gasteiger partial charge < -0.3 is 9.73 Å². The van der Waals surface area contributed by atoms with Gasteiger partial charge in [-0.25, -0.2) is 4.98 Å². The highest BCUT2D eigenvalue weighted by atomic mass is 16.3. The minimum atomic E-state index is 0.644. The molecule has 3 rings (SSSR count). The molecule has 2 aromatic rings. The molecule has 1 unspecified atom stereocenters. The number of rotatable bonds is 2.